The largest absolute Gasteiger partial charge is 0.409 e. The van der Waals surface area contributed by atoms with Gasteiger partial charge >= 0.3 is 6.18 Å². The number of nitrogens with one attached hydrogen (secondary N) is 2. The van der Waals surface area contributed by atoms with E-state index in [1.165, 1.54) is 6.20 Å². The van der Waals surface area contributed by atoms with Gasteiger partial charge in [-0.1, -0.05) is 6.57 Å². The van der Waals surface area contributed by atoms with Gasteiger partial charge in [0.15, 0.2) is 0 Å². The Hall–Kier alpha value is -6.09. The smallest absolute Gasteiger partial charge is 0.371 e. The molecule has 1 aromatic carbocycles. The lowest BCUT2D eigenvalue weighted by atomic mass is 9.71. The molecule has 0 aliphatic carbocycles. The van der Waals surface area contributed by atoms with Crippen molar-refractivity contribution < 1.29 is 37.1 Å². The second kappa shape index (κ2) is 16.3. The third-order valence-corrected chi connectivity index (χ3v) is 13.7. The molecule has 0 bridgehead atoms. The second-order valence-electron chi connectivity index (χ2n) is 17.6. The molecule has 0 saturated carbocycles. The second-order valence-corrected chi connectivity index (χ2v) is 17.6. The predicted molar refractivity (Wildman–Crippen MR) is 222 cm³/mol. The van der Waals surface area contributed by atoms with Crippen LogP contribution in [0.1, 0.15) is 77.6 Å². The Morgan fingerprint density at radius 1 is 0.806 bits per heavy atom. The van der Waals surface area contributed by atoms with Crippen molar-refractivity contribution in [1.82, 2.24) is 25.1 Å². The van der Waals surface area contributed by atoms with Gasteiger partial charge in [-0.2, -0.15) is 13.2 Å². The molecular formula is C44H47F3N10O5. The average molecular weight is 853 g/mol. The summed E-state index contributed by atoms with van der Waals surface area (Å²) >= 11 is 0. The lowest BCUT2D eigenvalue weighted by Crippen LogP contribution is -2.61. The van der Waals surface area contributed by atoms with Gasteiger partial charge in [-0.15, -0.1) is 4.98 Å². The number of halogens is 3. The van der Waals surface area contributed by atoms with Gasteiger partial charge in [0.1, 0.15) is 18.1 Å². The van der Waals surface area contributed by atoms with Crippen LogP contribution in [0, 0.1) is 23.8 Å². The van der Waals surface area contributed by atoms with E-state index in [2.05, 4.69) is 40.1 Å². The Morgan fingerprint density at radius 3 is 2.11 bits per heavy atom. The molecule has 1 unspecified atom stereocenters. The maximum atomic E-state index is 13.5. The van der Waals surface area contributed by atoms with E-state index in [1.54, 1.807) is 23.2 Å². The number of fused-ring (bicyclic) bond motifs is 1. The molecule has 18 heteroatoms. The predicted octanol–water partition coefficient (Wildman–Crippen LogP) is 5.12. The van der Waals surface area contributed by atoms with E-state index in [1.807, 2.05) is 18.2 Å². The highest BCUT2D eigenvalue weighted by Gasteiger charge is 2.47. The van der Waals surface area contributed by atoms with Crippen LogP contribution in [0.15, 0.2) is 48.8 Å². The minimum absolute atomic E-state index is 0.0848. The number of hydrogen-bond acceptors (Lipinski definition) is 11. The number of carbonyl (C=O) groups excluding carboxylic acids is 5. The van der Waals surface area contributed by atoms with Crippen LogP contribution in [0.2, 0.25) is 0 Å². The molecule has 2 aromatic heterocycles. The highest BCUT2D eigenvalue weighted by molar-refractivity contribution is 6.23. The van der Waals surface area contributed by atoms with Gasteiger partial charge in [0.05, 0.1) is 34.3 Å². The zero-order valence-corrected chi connectivity index (χ0v) is 34.1. The minimum Gasteiger partial charge on any atom is -0.371 e. The first-order chi connectivity index (χ1) is 29.8. The monoisotopic (exact) mass is 852 g/mol. The highest BCUT2D eigenvalue weighted by atomic mass is 19.4. The minimum atomic E-state index is -4.68. The number of benzene rings is 1. The summed E-state index contributed by atoms with van der Waals surface area (Å²) in [5, 5.41) is 5.15. The van der Waals surface area contributed by atoms with Gasteiger partial charge in [0, 0.05) is 76.9 Å². The maximum Gasteiger partial charge on any atom is 0.409 e. The van der Waals surface area contributed by atoms with Crippen molar-refractivity contribution in [2.45, 2.75) is 63.6 Å². The van der Waals surface area contributed by atoms with E-state index < -0.39 is 47.2 Å². The summed E-state index contributed by atoms with van der Waals surface area (Å²) in [5.41, 5.74) is 2.02. The summed E-state index contributed by atoms with van der Waals surface area (Å²) in [6.45, 7) is 14.6. The molecule has 6 aliphatic rings. The van der Waals surface area contributed by atoms with Crippen LogP contribution < -0.4 is 25.3 Å². The molecule has 1 atom stereocenters. The number of piperidine rings is 4. The summed E-state index contributed by atoms with van der Waals surface area (Å²) in [5.74, 6) is -2.08. The molecule has 62 heavy (non-hydrogen) atoms. The molecule has 1 spiro atoms. The number of rotatable bonds is 8. The number of alkyl halides is 3. The third kappa shape index (κ3) is 8.05. The summed E-state index contributed by atoms with van der Waals surface area (Å²) in [4.78, 5) is 84.8. The lowest BCUT2D eigenvalue weighted by molar-refractivity contribution is -0.137. The average Bonchev–Trinajstić information content (AvgIpc) is 3.51. The number of likely N-dealkylation sites (tertiary alicyclic amines) is 1. The van der Waals surface area contributed by atoms with E-state index in [0.29, 0.717) is 48.8 Å². The standard InChI is InChI=1S/C44H47F3N10O5/c1-48-38-34(44(45,46)47)21-31(23-50-38)55-16-10-28(11-17-55)39(59)51-36-6-3-30(22-49-36)54-14-8-27(9-15-54)24-53-25-43(26-53)12-18-56(19-13-43)29-2-4-32-33(20-29)42(62)57(41(32)61)35-5-7-37(58)52-40(35)60/h2-4,6,20-23,27-28,35H,5,7-19,24-26H2,(H,49,51,59)(H,52,58,60). The van der Waals surface area contributed by atoms with Crippen LogP contribution in [-0.4, -0.2) is 114 Å². The molecular weight excluding hydrogens is 806 g/mol. The summed E-state index contributed by atoms with van der Waals surface area (Å²) in [6, 6.07) is 9.12. The molecule has 5 fully saturated rings. The Bertz CT molecular complexity index is 2320. The Balaban J connectivity index is 0.690. The fourth-order valence-corrected chi connectivity index (χ4v) is 10.2. The first-order valence-corrected chi connectivity index (χ1v) is 21.3. The van der Waals surface area contributed by atoms with Crippen molar-refractivity contribution in [3.05, 3.63) is 76.9 Å². The summed E-state index contributed by atoms with van der Waals surface area (Å²) < 4.78 is 40.4. The Labute approximate surface area is 356 Å². The number of imide groups is 2. The first kappa shape index (κ1) is 41.3. The van der Waals surface area contributed by atoms with Crippen LogP contribution in [0.3, 0.4) is 0 Å². The maximum absolute atomic E-state index is 13.5. The van der Waals surface area contributed by atoms with E-state index in [0.717, 1.165) is 93.8 Å². The Kier molecular flexibility index (Phi) is 10.9. The molecule has 8 heterocycles. The van der Waals surface area contributed by atoms with Gasteiger partial charge < -0.3 is 29.8 Å². The quantitative estimate of drug-likeness (QED) is 0.229. The van der Waals surface area contributed by atoms with Crippen LogP contribution in [-0.2, 0) is 20.6 Å². The van der Waals surface area contributed by atoms with Crippen molar-refractivity contribution in [3.8, 4) is 0 Å². The number of nitrogens with zero attached hydrogens (tertiary/aromatic N) is 8. The normalized spacial score (nSPS) is 22.4. The molecule has 3 aromatic rings. The number of aromatic nitrogens is 2. The number of carbonyl (C=O) groups is 5. The molecule has 5 amide bonds. The van der Waals surface area contributed by atoms with E-state index in [-0.39, 0.29) is 35.8 Å². The molecule has 15 nitrogen and oxygen atoms in total. The van der Waals surface area contributed by atoms with Crippen molar-refractivity contribution in [2.75, 3.05) is 78.9 Å². The first-order valence-electron chi connectivity index (χ1n) is 21.3. The van der Waals surface area contributed by atoms with E-state index >= 15 is 0 Å². The zero-order chi connectivity index (χ0) is 43.3. The molecule has 0 radical (unpaired) electrons. The lowest BCUT2D eigenvalue weighted by Gasteiger charge is -2.55. The summed E-state index contributed by atoms with van der Waals surface area (Å²) in [6.07, 6.45) is 3.78. The van der Waals surface area contributed by atoms with Crippen molar-refractivity contribution in [2.24, 2.45) is 17.3 Å². The van der Waals surface area contributed by atoms with E-state index in [9.17, 15) is 37.1 Å². The SMILES string of the molecule is [C-]#[N+]c1ncc(N2CCC(C(=O)Nc3ccc(N4CCC(CN5CC6(CCN(c7ccc8c(c7)C(=O)N(C7CCC(=O)NC7=O)C8=O)CC6)C5)CC4)cn3)CC2)cc1C(F)(F)F. The number of amides is 5. The van der Waals surface area contributed by atoms with E-state index in [4.69, 9.17) is 6.57 Å². The van der Waals surface area contributed by atoms with Gasteiger partial charge in [-0.05, 0) is 92.7 Å². The fourth-order valence-electron chi connectivity index (χ4n) is 10.2. The van der Waals surface area contributed by atoms with Crippen LogP contribution in [0.5, 0.6) is 0 Å². The number of pyridine rings is 2. The van der Waals surface area contributed by atoms with Crippen molar-refractivity contribution in [3.63, 3.8) is 0 Å². The van der Waals surface area contributed by atoms with Gasteiger partial charge in [0.2, 0.25) is 17.7 Å². The van der Waals surface area contributed by atoms with Gasteiger partial charge in [-0.25, -0.2) is 4.98 Å². The summed E-state index contributed by atoms with van der Waals surface area (Å²) in [7, 11) is 0. The van der Waals surface area contributed by atoms with Gasteiger partial charge in [-0.3, -0.25) is 34.2 Å². The molecule has 2 N–H and O–H groups in total. The zero-order valence-electron chi connectivity index (χ0n) is 34.1. The topological polar surface area (TPSA) is 156 Å². The van der Waals surface area contributed by atoms with Crippen molar-refractivity contribution >= 4 is 58.2 Å². The molecule has 5 saturated heterocycles. The fraction of sp³-hybridized carbons (Fsp3) is 0.500. The molecule has 9 rings (SSSR count). The third-order valence-electron chi connectivity index (χ3n) is 13.7. The molecule has 324 valence electrons. The number of anilines is 4. The number of hydrogen-bond donors (Lipinski definition) is 2. The van der Waals surface area contributed by atoms with Crippen LogP contribution in [0.4, 0.5) is 41.9 Å². The Morgan fingerprint density at radius 2 is 1.45 bits per heavy atom. The highest BCUT2D eigenvalue weighted by Crippen LogP contribution is 2.43. The molecule has 6 aliphatic heterocycles. The van der Waals surface area contributed by atoms with Crippen LogP contribution in [0.25, 0.3) is 4.85 Å². The van der Waals surface area contributed by atoms with Gasteiger partial charge in [0.25, 0.3) is 17.6 Å². The van der Waals surface area contributed by atoms with Crippen LogP contribution >= 0.6 is 0 Å². The van der Waals surface area contributed by atoms with Crippen molar-refractivity contribution in [1.29, 1.82) is 0 Å².